The minimum Gasteiger partial charge on any atom is -0.397 e. The number of H-pyrrole nitrogens is 1. The number of carbonyl (C=O) groups excluding carboxylic acids is 1. The molecule has 1 heterocycles. The molecule has 3 rings (SSSR count). The Morgan fingerprint density at radius 2 is 1.81 bits per heavy atom. The number of hydrogen-bond donors (Lipinski definition) is 5. The summed E-state index contributed by atoms with van der Waals surface area (Å²) in [5, 5.41) is 3.12. The minimum atomic E-state index is -4.33. The molecule has 0 aliphatic rings. The van der Waals surface area contributed by atoms with Gasteiger partial charge in [0, 0.05) is 5.39 Å². The summed E-state index contributed by atoms with van der Waals surface area (Å²) < 4.78 is 11.0. The topological polar surface area (TPSA) is 128 Å². The summed E-state index contributed by atoms with van der Waals surface area (Å²) >= 11 is 0. The third-order valence-corrected chi connectivity index (χ3v) is 4.72. The number of nitrogens with two attached hydrogens (primary N) is 1. The monoisotopic (exact) mass is 373 g/mol. The van der Waals surface area contributed by atoms with Crippen molar-refractivity contribution in [1.82, 2.24) is 10.3 Å². The second-order valence-electron chi connectivity index (χ2n) is 6.06. The Kier molecular flexibility index (Phi) is 5.13. The average Bonchev–Trinajstić information content (AvgIpc) is 2.98. The number of aryl methyl sites for hydroxylation is 2. The van der Waals surface area contributed by atoms with Gasteiger partial charge in [-0.25, -0.2) is 0 Å². The average molecular weight is 373 g/mol. The number of nitrogen functional groups attached to an aromatic ring is 1. The first-order valence-corrected chi connectivity index (χ1v) is 9.90. The molecular formula is C18H20N3O4P. The lowest BCUT2D eigenvalue weighted by atomic mass is 10.0. The van der Waals surface area contributed by atoms with Crippen LogP contribution in [0.25, 0.3) is 10.9 Å². The summed E-state index contributed by atoms with van der Waals surface area (Å²) in [7, 11) is -4.33. The zero-order chi connectivity index (χ0) is 18.7. The van der Waals surface area contributed by atoms with E-state index in [9.17, 15) is 9.36 Å². The van der Waals surface area contributed by atoms with Crippen LogP contribution in [0.15, 0.2) is 48.5 Å². The SMILES string of the molecule is Nc1cccc2c(CCc3ccccc3)c(C(=O)NCP(=O)(O)O)[nH]c12. The van der Waals surface area contributed by atoms with E-state index >= 15 is 0 Å². The molecule has 0 spiro atoms. The van der Waals surface area contributed by atoms with Gasteiger partial charge in [-0.15, -0.1) is 0 Å². The second kappa shape index (κ2) is 7.33. The standard InChI is InChI=1S/C18H20N3O4P/c19-15-8-4-7-13-14(10-9-12-5-2-1-3-6-12)17(21-16(13)15)18(22)20-11-26(23,24)25/h1-8,21H,9-11,19H2,(H,20,22)(H2,23,24,25). The Labute approximate surface area is 150 Å². The number of hydrogen-bond acceptors (Lipinski definition) is 3. The molecule has 3 aromatic rings. The molecule has 7 nitrogen and oxygen atoms in total. The molecule has 0 radical (unpaired) electrons. The number of anilines is 1. The molecule has 0 saturated heterocycles. The summed E-state index contributed by atoms with van der Waals surface area (Å²) in [5.74, 6) is -0.563. The van der Waals surface area contributed by atoms with Crippen molar-refractivity contribution in [2.24, 2.45) is 0 Å². The van der Waals surface area contributed by atoms with E-state index in [1.807, 2.05) is 42.5 Å². The maximum Gasteiger partial charge on any atom is 0.344 e. The van der Waals surface area contributed by atoms with E-state index in [4.69, 9.17) is 15.5 Å². The van der Waals surface area contributed by atoms with Gasteiger partial charge in [0.2, 0.25) is 0 Å². The third-order valence-electron chi connectivity index (χ3n) is 4.15. The molecule has 1 amide bonds. The Hall–Kier alpha value is -2.60. The van der Waals surface area contributed by atoms with Gasteiger partial charge in [-0.1, -0.05) is 42.5 Å². The fraction of sp³-hybridized carbons (Fsp3) is 0.167. The molecule has 136 valence electrons. The first-order chi connectivity index (χ1) is 12.3. The highest BCUT2D eigenvalue weighted by Crippen LogP contribution is 2.33. The number of aromatic nitrogens is 1. The van der Waals surface area contributed by atoms with Crippen LogP contribution in [-0.2, 0) is 17.4 Å². The number of amides is 1. The van der Waals surface area contributed by atoms with Crippen molar-refractivity contribution in [2.45, 2.75) is 12.8 Å². The molecule has 0 aliphatic heterocycles. The Morgan fingerprint density at radius 1 is 1.08 bits per heavy atom. The zero-order valence-electron chi connectivity index (χ0n) is 14.0. The van der Waals surface area contributed by atoms with Crippen molar-refractivity contribution >= 4 is 30.1 Å². The summed E-state index contributed by atoms with van der Waals surface area (Å²) in [6.45, 7) is 0. The molecule has 0 saturated carbocycles. The van der Waals surface area contributed by atoms with E-state index in [0.717, 1.165) is 22.9 Å². The van der Waals surface area contributed by atoms with E-state index in [0.29, 0.717) is 17.6 Å². The number of para-hydroxylation sites is 1. The number of benzene rings is 2. The smallest absolute Gasteiger partial charge is 0.344 e. The van der Waals surface area contributed by atoms with Crippen LogP contribution in [0.1, 0.15) is 21.6 Å². The maximum absolute atomic E-state index is 12.5. The number of nitrogens with one attached hydrogen (secondary N) is 2. The molecule has 26 heavy (non-hydrogen) atoms. The van der Waals surface area contributed by atoms with Gasteiger partial charge in [0.05, 0.1) is 11.2 Å². The van der Waals surface area contributed by atoms with Gasteiger partial charge in [-0.2, -0.15) is 0 Å². The number of rotatable bonds is 6. The molecule has 0 fully saturated rings. The second-order valence-corrected chi connectivity index (χ2v) is 7.71. The highest BCUT2D eigenvalue weighted by Gasteiger charge is 2.21. The van der Waals surface area contributed by atoms with Gasteiger partial charge in [0.1, 0.15) is 12.0 Å². The molecule has 0 aliphatic carbocycles. The lowest BCUT2D eigenvalue weighted by Gasteiger charge is -2.08. The van der Waals surface area contributed by atoms with Gasteiger partial charge in [-0.05, 0) is 30.0 Å². The van der Waals surface area contributed by atoms with E-state index in [-0.39, 0.29) is 5.69 Å². The Morgan fingerprint density at radius 3 is 2.50 bits per heavy atom. The first kappa shape index (κ1) is 18.2. The quantitative estimate of drug-likeness (QED) is 0.335. The van der Waals surface area contributed by atoms with Crippen molar-refractivity contribution in [3.63, 3.8) is 0 Å². The molecule has 2 aromatic carbocycles. The Balaban J connectivity index is 1.94. The maximum atomic E-state index is 12.5. The first-order valence-electron chi connectivity index (χ1n) is 8.11. The fourth-order valence-electron chi connectivity index (χ4n) is 2.93. The molecule has 8 heteroatoms. The molecule has 0 unspecified atom stereocenters. The van der Waals surface area contributed by atoms with Gasteiger partial charge >= 0.3 is 7.60 Å². The Bertz CT molecular complexity index is 979. The summed E-state index contributed by atoms with van der Waals surface area (Å²) in [5.41, 5.74) is 9.35. The summed E-state index contributed by atoms with van der Waals surface area (Å²) in [4.78, 5) is 33.5. The number of fused-ring (bicyclic) bond motifs is 1. The number of carbonyl (C=O) groups is 1. The van der Waals surface area contributed by atoms with Gasteiger partial charge in [-0.3, -0.25) is 9.36 Å². The van der Waals surface area contributed by atoms with Gasteiger partial charge < -0.3 is 25.8 Å². The van der Waals surface area contributed by atoms with Crippen LogP contribution in [-0.4, -0.2) is 27.0 Å². The van der Waals surface area contributed by atoms with E-state index in [1.165, 1.54) is 0 Å². The van der Waals surface area contributed by atoms with Crippen LogP contribution in [0.2, 0.25) is 0 Å². The molecule has 0 atom stereocenters. The van der Waals surface area contributed by atoms with Crippen molar-refractivity contribution in [1.29, 1.82) is 0 Å². The predicted molar refractivity (Wildman–Crippen MR) is 101 cm³/mol. The van der Waals surface area contributed by atoms with Crippen molar-refractivity contribution < 1.29 is 19.1 Å². The summed E-state index contributed by atoms with van der Waals surface area (Å²) in [6.07, 6.45) is 0.600. The normalized spacial score (nSPS) is 11.6. The minimum absolute atomic E-state index is 0.280. The lowest BCUT2D eigenvalue weighted by Crippen LogP contribution is -2.25. The largest absolute Gasteiger partial charge is 0.397 e. The fourth-order valence-corrected chi connectivity index (χ4v) is 3.28. The van der Waals surface area contributed by atoms with Crippen molar-refractivity contribution in [2.75, 3.05) is 12.0 Å². The molecule has 6 N–H and O–H groups in total. The zero-order valence-corrected chi connectivity index (χ0v) is 14.9. The predicted octanol–water partition coefficient (Wildman–Crippen LogP) is 2.40. The van der Waals surface area contributed by atoms with Crippen LogP contribution in [0.5, 0.6) is 0 Å². The van der Waals surface area contributed by atoms with Crippen molar-refractivity contribution in [3.8, 4) is 0 Å². The van der Waals surface area contributed by atoms with Crippen LogP contribution in [0.3, 0.4) is 0 Å². The van der Waals surface area contributed by atoms with Gasteiger partial charge in [0.25, 0.3) is 5.91 Å². The van der Waals surface area contributed by atoms with Gasteiger partial charge in [0.15, 0.2) is 0 Å². The van der Waals surface area contributed by atoms with Crippen LogP contribution in [0.4, 0.5) is 5.69 Å². The van der Waals surface area contributed by atoms with E-state index in [2.05, 4.69) is 10.3 Å². The van der Waals surface area contributed by atoms with Crippen molar-refractivity contribution in [3.05, 3.63) is 65.4 Å². The van der Waals surface area contributed by atoms with Crippen LogP contribution in [0, 0.1) is 0 Å². The highest BCUT2D eigenvalue weighted by atomic mass is 31.2. The van der Waals surface area contributed by atoms with E-state index < -0.39 is 19.8 Å². The molecular weight excluding hydrogens is 353 g/mol. The van der Waals surface area contributed by atoms with Crippen LogP contribution < -0.4 is 11.1 Å². The number of aromatic amines is 1. The summed E-state index contributed by atoms with van der Waals surface area (Å²) in [6, 6.07) is 15.3. The van der Waals surface area contributed by atoms with Crippen LogP contribution >= 0.6 is 7.60 Å². The third kappa shape index (κ3) is 4.14. The highest BCUT2D eigenvalue weighted by molar-refractivity contribution is 7.51. The lowest BCUT2D eigenvalue weighted by molar-refractivity contribution is 0.0952. The molecule has 0 bridgehead atoms. The van der Waals surface area contributed by atoms with E-state index in [1.54, 1.807) is 6.07 Å². The molecule has 1 aromatic heterocycles.